The highest BCUT2D eigenvalue weighted by atomic mass is 16.5. The Kier molecular flexibility index (Phi) is 5.66. The van der Waals surface area contributed by atoms with E-state index in [4.69, 9.17) is 9.84 Å². The Morgan fingerprint density at radius 2 is 2.08 bits per heavy atom. The summed E-state index contributed by atoms with van der Waals surface area (Å²) in [5.74, 6) is -0.659. The number of nitrogens with zero attached hydrogens (tertiary/aromatic N) is 1. The van der Waals surface area contributed by atoms with Crippen LogP contribution in [0.2, 0.25) is 0 Å². The van der Waals surface area contributed by atoms with E-state index >= 15 is 0 Å². The lowest BCUT2D eigenvalue weighted by Gasteiger charge is -2.27. The van der Waals surface area contributed by atoms with E-state index in [2.05, 4.69) is 0 Å². The van der Waals surface area contributed by atoms with Crippen molar-refractivity contribution in [1.29, 1.82) is 0 Å². The second-order valence-corrected chi connectivity index (χ2v) is 3.50. The highest BCUT2D eigenvalue weighted by Crippen LogP contribution is 2.08. The van der Waals surface area contributed by atoms with Crippen LogP contribution in [0.25, 0.3) is 0 Å². The van der Waals surface area contributed by atoms with Gasteiger partial charge in [0.2, 0.25) is 0 Å². The molecule has 0 bridgehead atoms. The number of carboxylic acids is 1. The van der Waals surface area contributed by atoms with Crippen molar-refractivity contribution in [3.05, 3.63) is 0 Å². The molecule has 13 heavy (non-hydrogen) atoms. The first-order chi connectivity index (χ1) is 6.00. The molecule has 0 rings (SSSR count). The lowest BCUT2D eigenvalue weighted by Crippen LogP contribution is -2.43. The van der Waals surface area contributed by atoms with E-state index in [1.54, 1.807) is 19.1 Å². The average Bonchev–Trinajstić information content (AvgIpc) is 1.99. The highest BCUT2D eigenvalue weighted by molar-refractivity contribution is 5.73. The first-order valence-electron chi connectivity index (χ1n) is 4.42. The number of likely N-dealkylation sites (N-methyl/N-ethyl adjacent to an activating group) is 1. The van der Waals surface area contributed by atoms with Crippen LogP contribution in [0.15, 0.2) is 0 Å². The van der Waals surface area contributed by atoms with Gasteiger partial charge in [-0.2, -0.15) is 0 Å². The van der Waals surface area contributed by atoms with Gasteiger partial charge in [0.15, 0.2) is 0 Å². The molecule has 0 aliphatic carbocycles. The summed E-state index contributed by atoms with van der Waals surface area (Å²) < 4.78 is 4.89. The van der Waals surface area contributed by atoms with E-state index in [0.717, 1.165) is 0 Å². The van der Waals surface area contributed by atoms with Crippen LogP contribution in [0, 0.1) is 5.92 Å². The molecule has 0 aromatic carbocycles. The normalized spacial score (nSPS) is 13.7. The third-order valence-electron chi connectivity index (χ3n) is 2.01. The van der Waals surface area contributed by atoms with Gasteiger partial charge in [0.25, 0.3) is 0 Å². The molecule has 0 spiro atoms. The fraction of sp³-hybridized carbons (Fsp3) is 0.889. The smallest absolute Gasteiger partial charge is 0.321 e. The molecule has 4 nitrogen and oxygen atoms in total. The van der Waals surface area contributed by atoms with Crippen LogP contribution in [0.1, 0.15) is 13.8 Å². The van der Waals surface area contributed by atoms with Crippen LogP contribution >= 0.6 is 0 Å². The summed E-state index contributed by atoms with van der Waals surface area (Å²) in [4.78, 5) is 12.7. The molecule has 0 aliphatic rings. The predicted octanol–water partition coefficient (Wildman–Crippen LogP) is 0.674. The van der Waals surface area contributed by atoms with E-state index < -0.39 is 12.0 Å². The Bertz CT molecular complexity index is 159. The standard InChI is InChI=1S/C9H19NO3/c1-7(2)8(9(11)12)10(3)5-6-13-4/h7-8H,5-6H2,1-4H3,(H,11,12). The lowest BCUT2D eigenvalue weighted by molar-refractivity contribution is -0.144. The third kappa shape index (κ3) is 4.24. The van der Waals surface area contributed by atoms with Crippen molar-refractivity contribution < 1.29 is 14.6 Å². The van der Waals surface area contributed by atoms with Crippen LogP contribution < -0.4 is 0 Å². The minimum atomic E-state index is -0.770. The zero-order valence-corrected chi connectivity index (χ0v) is 8.78. The molecule has 1 atom stereocenters. The summed E-state index contributed by atoms with van der Waals surface area (Å²) in [6, 6.07) is -0.421. The molecule has 0 aromatic rings. The van der Waals surface area contributed by atoms with Crippen molar-refractivity contribution >= 4 is 5.97 Å². The summed E-state index contributed by atoms with van der Waals surface area (Å²) in [5.41, 5.74) is 0. The maximum absolute atomic E-state index is 10.9. The minimum Gasteiger partial charge on any atom is -0.480 e. The van der Waals surface area contributed by atoms with Gasteiger partial charge >= 0.3 is 5.97 Å². The maximum Gasteiger partial charge on any atom is 0.321 e. The number of rotatable bonds is 6. The number of aliphatic carboxylic acids is 1. The summed E-state index contributed by atoms with van der Waals surface area (Å²) in [7, 11) is 3.41. The van der Waals surface area contributed by atoms with Gasteiger partial charge in [0.1, 0.15) is 6.04 Å². The molecule has 0 amide bonds. The molecule has 0 aliphatic heterocycles. The highest BCUT2D eigenvalue weighted by Gasteiger charge is 2.25. The Labute approximate surface area is 79.5 Å². The van der Waals surface area contributed by atoms with Crippen LogP contribution in [0.5, 0.6) is 0 Å². The zero-order valence-electron chi connectivity index (χ0n) is 8.78. The van der Waals surface area contributed by atoms with E-state index in [-0.39, 0.29) is 5.92 Å². The van der Waals surface area contributed by atoms with Crippen molar-refractivity contribution in [3.8, 4) is 0 Å². The van der Waals surface area contributed by atoms with Crippen molar-refractivity contribution in [2.75, 3.05) is 27.3 Å². The topological polar surface area (TPSA) is 49.8 Å². The monoisotopic (exact) mass is 189 g/mol. The molecule has 0 aromatic heterocycles. The molecule has 0 saturated heterocycles. The quantitative estimate of drug-likeness (QED) is 0.667. The average molecular weight is 189 g/mol. The fourth-order valence-electron chi connectivity index (χ4n) is 1.36. The van der Waals surface area contributed by atoms with E-state index in [9.17, 15) is 4.79 Å². The lowest BCUT2D eigenvalue weighted by atomic mass is 10.0. The van der Waals surface area contributed by atoms with Crippen LogP contribution in [0.4, 0.5) is 0 Å². The number of hydrogen-bond acceptors (Lipinski definition) is 3. The van der Waals surface area contributed by atoms with Gasteiger partial charge in [0.05, 0.1) is 6.61 Å². The van der Waals surface area contributed by atoms with E-state index in [0.29, 0.717) is 13.2 Å². The predicted molar refractivity (Wildman–Crippen MR) is 50.8 cm³/mol. The molecule has 1 N–H and O–H groups in total. The van der Waals surface area contributed by atoms with Gasteiger partial charge < -0.3 is 9.84 Å². The number of methoxy groups -OCH3 is 1. The van der Waals surface area contributed by atoms with Crippen molar-refractivity contribution in [3.63, 3.8) is 0 Å². The summed E-state index contributed by atoms with van der Waals surface area (Å²) in [5, 5.41) is 8.93. The minimum absolute atomic E-state index is 0.111. The Morgan fingerprint density at radius 3 is 2.38 bits per heavy atom. The summed E-state index contributed by atoms with van der Waals surface area (Å²) >= 11 is 0. The summed E-state index contributed by atoms with van der Waals surface area (Å²) in [6.45, 7) is 5.02. The van der Waals surface area contributed by atoms with Gasteiger partial charge in [-0.1, -0.05) is 13.8 Å². The summed E-state index contributed by atoms with van der Waals surface area (Å²) in [6.07, 6.45) is 0. The molecule has 0 radical (unpaired) electrons. The van der Waals surface area contributed by atoms with Gasteiger partial charge in [0, 0.05) is 13.7 Å². The maximum atomic E-state index is 10.9. The fourth-order valence-corrected chi connectivity index (χ4v) is 1.36. The van der Waals surface area contributed by atoms with Gasteiger partial charge in [-0.05, 0) is 13.0 Å². The Balaban J connectivity index is 4.12. The Hall–Kier alpha value is -0.610. The first-order valence-corrected chi connectivity index (χ1v) is 4.42. The van der Waals surface area contributed by atoms with Crippen molar-refractivity contribution in [2.45, 2.75) is 19.9 Å². The number of hydrogen-bond donors (Lipinski definition) is 1. The molecule has 78 valence electrons. The molecular weight excluding hydrogens is 170 g/mol. The van der Waals surface area contributed by atoms with Crippen molar-refractivity contribution in [2.24, 2.45) is 5.92 Å². The number of ether oxygens (including phenoxy) is 1. The molecular formula is C9H19NO3. The molecule has 4 heteroatoms. The SMILES string of the molecule is COCCN(C)C(C(=O)O)C(C)C. The molecule has 0 saturated carbocycles. The van der Waals surface area contributed by atoms with Crippen LogP contribution in [-0.2, 0) is 9.53 Å². The third-order valence-corrected chi connectivity index (χ3v) is 2.01. The second-order valence-electron chi connectivity index (χ2n) is 3.50. The van der Waals surface area contributed by atoms with E-state index in [1.165, 1.54) is 0 Å². The first kappa shape index (κ1) is 12.4. The molecule has 1 unspecified atom stereocenters. The van der Waals surface area contributed by atoms with Crippen molar-refractivity contribution in [1.82, 2.24) is 4.90 Å². The van der Waals surface area contributed by atoms with Crippen LogP contribution in [0.3, 0.4) is 0 Å². The van der Waals surface area contributed by atoms with Crippen LogP contribution in [-0.4, -0.2) is 49.3 Å². The molecule has 0 heterocycles. The second kappa shape index (κ2) is 5.94. The van der Waals surface area contributed by atoms with Gasteiger partial charge in [-0.3, -0.25) is 9.69 Å². The van der Waals surface area contributed by atoms with Gasteiger partial charge in [-0.25, -0.2) is 0 Å². The largest absolute Gasteiger partial charge is 0.480 e. The van der Waals surface area contributed by atoms with Gasteiger partial charge in [-0.15, -0.1) is 0 Å². The number of carboxylic acid groups (broad SMARTS) is 1. The molecule has 0 fully saturated rings. The number of carbonyl (C=O) groups is 1. The van der Waals surface area contributed by atoms with E-state index in [1.807, 2.05) is 13.8 Å². The Morgan fingerprint density at radius 1 is 1.54 bits per heavy atom. The zero-order chi connectivity index (χ0) is 10.4.